The molecule has 9 heteroatoms. The van der Waals surface area contributed by atoms with Crippen LogP contribution in [0.15, 0.2) is 6.08 Å². The number of hydrogen-bond acceptors (Lipinski definition) is 7. The predicted molar refractivity (Wildman–Crippen MR) is 116 cm³/mol. The number of fused-ring (bicyclic) bond motifs is 9. The second kappa shape index (κ2) is 12.1. The number of esters is 1. The van der Waals surface area contributed by atoms with Crippen LogP contribution in [0.4, 0.5) is 8.78 Å². The third-order valence-corrected chi connectivity index (χ3v) is 8.85. The van der Waals surface area contributed by atoms with Gasteiger partial charge in [-0.2, -0.15) is 6.26 Å². The van der Waals surface area contributed by atoms with E-state index in [0.29, 0.717) is 39.0 Å². The minimum atomic E-state index is -2.09. The summed E-state index contributed by atoms with van der Waals surface area (Å²) >= 11 is 0. The topological polar surface area (TPSA) is 72.5 Å². The van der Waals surface area contributed by atoms with Gasteiger partial charge in [0.05, 0.1) is 45.6 Å². The first-order chi connectivity index (χ1) is 16.5. The monoisotopic (exact) mass is 487 g/mol. The van der Waals surface area contributed by atoms with Gasteiger partial charge in [-0.3, -0.25) is 4.79 Å². The molecule has 0 amide bonds. The van der Waals surface area contributed by atoms with Crippen molar-refractivity contribution in [2.24, 2.45) is 53.3 Å². The fraction of sp³-hybridized carbons (Fsp3) is 0.880. The van der Waals surface area contributed by atoms with Crippen LogP contribution in [0.1, 0.15) is 33.1 Å². The van der Waals surface area contributed by atoms with Gasteiger partial charge in [0.25, 0.3) is 0 Å². The summed E-state index contributed by atoms with van der Waals surface area (Å²) in [6.45, 7) is 7.21. The molecule has 4 saturated carbocycles. The molecule has 0 saturated heterocycles. The van der Waals surface area contributed by atoms with Gasteiger partial charge in [-0.1, -0.05) is 13.8 Å². The molecule has 0 aromatic rings. The van der Waals surface area contributed by atoms with E-state index in [-0.39, 0.29) is 31.7 Å². The van der Waals surface area contributed by atoms with Crippen LogP contribution in [0, 0.1) is 59.5 Å². The molecule has 34 heavy (non-hydrogen) atoms. The Bertz CT molecular complexity index is 701. The highest BCUT2D eigenvalue weighted by Gasteiger charge is 2.66. The Balaban J connectivity index is 0.985. The van der Waals surface area contributed by atoms with Crippen LogP contribution >= 0.6 is 0 Å². The van der Waals surface area contributed by atoms with Crippen molar-refractivity contribution in [2.45, 2.75) is 33.1 Å². The van der Waals surface area contributed by atoms with Gasteiger partial charge in [0.15, 0.2) is 0 Å². The molecule has 7 nitrogen and oxygen atoms in total. The molecule has 194 valence electrons. The van der Waals surface area contributed by atoms with Gasteiger partial charge in [-0.05, 0) is 66.6 Å². The quantitative estimate of drug-likeness (QED) is 0.0660. The lowest BCUT2D eigenvalue weighted by molar-refractivity contribution is -0.266. The Morgan fingerprint density at radius 2 is 1.35 bits per heavy atom. The molecular weight excluding hydrogens is 450 g/mol. The average Bonchev–Trinajstić information content (AvgIpc) is 3.56. The van der Waals surface area contributed by atoms with Crippen molar-refractivity contribution in [1.82, 2.24) is 0 Å². The van der Waals surface area contributed by atoms with Crippen molar-refractivity contribution in [3.8, 4) is 0 Å². The summed E-state index contributed by atoms with van der Waals surface area (Å²) in [4.78, 5) is 21.1. The zero-order valence-electron chi connectivity index (χ0n) is 20.1. The molecule has 0 aromatic heterocycles. The summed E-state index contributed by atoms with van der Waals surface area (Å²) in [5, 5.41) is 0. The predicted octanol–water partition coefficient (Wildman–Crippen LogP) is 3.88. The van der Waals surface area contributed by atoms with Crippen molar-refractivity contribution in [3.63, 3.8) is 0 Å². The van der Waals surface area contributed by atoms with Gasteiger partial charge < -0.3 is 23.8 Å². The van der Waals surface area contributed by atoms with E-state index in [2.05, 4.69) is 23.6 Å². The highest BCUT2D eigenvalue weighted by atomic mass is 19.3. The minimum absolute atomic E-state index is 0.00500. The van der Waals surface area contributed by atoms with Crippen molar-refractivity contribution in [2.75, 3.05) is 52.9 Å². The van der Waals surface area contributed by atoms with E-state index in [1.807, 2.05) is 0 Å². The number of ether oxygens (including phenoxy) is 4. The van der Waals surface area contributed by atoms with E-state index in [1.165, 1.54) is 19.1 Å². The number of rotatable bonds is 15. The second-order valence-electron chi connectivity index (χ2n) is 10.2. The highest BCUT2D eigenvalue weighted by Crippen LogP contribution is 2.71. The minimum Gasteiger partial charge on any atom is -0.542 e. The summed E-state index contributed by atoms with van der Waals surface area (Å²) < 4.78 is 44.8. The van der Waals surface area contributed by atoms with Gasteiger partial charge in [0.2, 0.25) is 0 Å². The van der Waals surface area contributed by atoms with Gasteiger partial charge in [0, 0.05) is 0 Å². The number of halogens is 2. The van der Waals surface area contributed by atoms with Crippen LogP contribution in [-0.4, -0.2) is 58.8 Å². The standard InChI is InChI=1S/C25H37F2O7/c1-15-16(2)19-13-18(15)23-17-11-20(24(19)23)21(12-17)25(28)32-9-7-30-5-3-29-4-6-31-8-10-33-34-14-22(26)27/h15-21,23-24H,3-13H2,1-2H3/q-1. The Kier molecular flexibility index (Phi) is 9.18. The molecule has 4 fully saturated rings. The van der Waals surface area contributed by atoms with Crippen LogP contribution in [-0.2, 0) is 33.5 Å². The van der Waals surface area contributed by atoms with Crippen LogP contribution < -0.4 is 0 Å². The van der Waals surface area contributed by atoms with E-state index >= 15 is 0 Å². The van der Waals surface area contributed by atoms with E-state index in [9.17, 15) is 13.6 Å². The van der Waals surface area contributed by atoms with Crippen molar-refractivity contribution >= 4 is 5.97 Å². The molecule has 9 atom stereocenters. The summed E-state index contributed by atoms with van der Waals surface area (Å²) in [6, 6.07) is 0. The Labute approximate surface area is 200 Å². The summed E-state index contributed by atoms with van der Waals surface area (Å²) in [5.74, 6) is 6.33. The van der Waals surface area contributed by atoms with E-state index in [4.69, 9.17) is 18.9 Å². The summed E-state index contributed by atoms with van der Waals surface area (Å²) in [7, 11) is 0. The number of carbonyl (C=O) groups excluding carboxylic acids is 1. The van der Waals surface area contributed by atoms with E-state index < -0.39 is 6.08 Å². The molecule has 0 heterocycles. The van der Waals surface area contributed by atoms with Crippen LogP contribution in [0.25, 0.3) is 0 Å². The van der Waals surface area contributed by atoms with E-state index in [1.54, 1.807) is 0 Å². The molecule has 0 aliphatic heterocycles. The largest absolute Gasteiger partial charge is 0.542 e. The molecule has 0 aromatic carbocycles. The third kappa shape index (κ3) is 5.74. The lowest BCUT2D eigenvalue weighted by Crippen LogP contribution is -2.41. The Hall–Kier alpha value is -1.29. The number of hydrogen-bond donors (Lipinski definition) is 0. The molecule has 4 aliphatic carbocycles. The number of carbonyl (C=O) groups is 1. The first kappa shape index (κ1) is 25.8. The van der Waals surface area contributed by atoms with Gasteiger partial charge in [0.1, 0.15) is 19.3 Å². The average molecular weight is 488 g/mol. The SMILES string of the molecule is CC1C(C)C2CC1C1C3CC(C(=O)OCCOCCOCCOCCOO[C-]=C(F)F)C(C3)C21. The van der Waals surface area contributed by atoms with Crippen LogP contribution in [0.3, 0.4) is 0 Å². The Morgan fingerprint density at radius 1 is 0.765 bits per heavy atom. The fourth-order valence-electron chi connectivity index (χ4n) is 7.54. The Morgan fingerprint density at radius 3 is 2.00 bits per heavy atom. The van der Waals surface area contributed by atoms with Gasteiger partial charge in [-0.25, -0.2) is 13.7 Å². The molecular formula is C25H37F2O7-. The van der Waals surface area contributed by atoms with Crippen molar-refractivity contribution in [1.29, 1.82) is 0 Å². The molecule has 0 N–H and O–H groups in total. The van der Waals surface area contributed by atoms with E-state index in [0.717, 1.165) is 47.8 Å². The molecule has 0 radical (unpaired) electrons. The summed E-state index contributed by atoms with van der Waals surface area (Å²) in [5.41, 5.74) is 0. The normalized spacial score (nSPS) is 37.1. The second-order valence-corrected chi connectivity index (χ2v) is 10.2. The van der Waals surface area contributed by atoms with Crippen LogP contribution in [0.2, 0.25) is 0 Å². The van der Waals surface area contributed by atoms with Gasteiger partial charge >= 0.3 is 5.97 Å². The zero-order valence-corrected chi connectivity index (χ0v) is 20.1. The smallest absolute Gasteiger partial charge is 0.309 e. The lowest BCUT2D eigenvalue weighted by Gasteiger charge is -2.43. The van der Waals surface area contributed by atoms with Crippen molar-refractivity contribution in [3.05, 3.63) is 12.3 Å². The molecule has 4 bridgehead atoms. The van der Waals surface area contributed by atoms with Crippen molar-refractivity contribution < 1.29 is 42.3 Å². The highest BCUT2D eigenvalue weighted by molar-refractivity contribution is 5.73. The molecule has 4 aliphatic rings. The maximum absolute atomic E-state index is 12.8. The molecule has 9 unspecified atom stereocenters. The first-order valence-electron chi connectivity index (χ1n) is 12.6. The van der Waals surface area contributed by atoms with Gasteiger partial charge in [-0.15, -0.1) is 0 Å². The third-order valence-electron chi connectivity index (χ3n) is 8.85. The zero-order chi connectivity index (χ0) is 24.1. The maximum atomic E-state index is 12.8. The first-order valence-corrected chi connectivity index (χ1v) is 12.6. The lowest BCUT2D eigenvalue weighted by atomic mass is 9.62. The summed E-state index contributed by atoms with van der Waals surface area (Å²) in [6.07, 6.45) is 2.82. The fourth-order valence-corrected chi connectivity index (χ4v) is 7.54. The van der Waals surface area contributed by atoms with Crippen LogP contribution in [0.5, 0.6) is 0 Å². The maximum Gasteiger partial charge on any atom is 0.309 e. The molecule has 4 rings (SSSR count). The molecule has 0 spiro atoms.